The molecule has 2 aliphatic heterocycles. The van der Waals surface area contributed by atoms with Crippen molar-refractivity contribution in [1.82, 2.24) is 9.80 Å². The Hall–Kier alpha value is -1.55. The molecule has 2 aliphatic rings. The first kappa shape index (κ1) is 16.3. The number of hydrogen-bond donors (Lipinski definition) is 0. The predicted octanol–water partition coefficient (Wildman–Crippen LogP) is 2.62. The van der Waals surface area contributed by atoms with Crippen molar-refractivity contribution in [1.29, 1.82) is 0 Å². The van der Waals surface area contributed by atoms with E-state index in [0.29, 0.717) is 0 Å². The smallest absolute Gasteiger partial charge is 0.226 e. The van der Waals surface area contributed by atoms with Crippen molar-refractivity contribution in [3.63, 3.8) is 0 Å². The molecule has 0 N–H and O–H groups in total. The highest BCUT2D eigenvalue weighted by molar-refractivity contribution is 5.79. The molecule has 23 heavy (non-hydrogen) atoms. The van der Waals surface area contributed by atoms with E-state index in [0.717, 1.165) is 49.6 Å². The van der Waals surface area contributed by atoms with Crippen LogP contribution in [0.25, 0.3) is 0 Å². The van der Waals surface area contributed by atoms with E-state index >= 15 is 0 Å². The normalized spacial score (nSPS) is 20.4. The Morgan fingerprint density at radius 2 is 1.83 bits per heavy atom. The highest BCUT2D eigenvalue weighted by Crippen LogP contribution is 2.26. The van der Waals surface area contributed by atoms with E-state index in [1.807, 2.05) is 11.0 Å². The molecule has 0 spiro atoms. The van der Waals surface area contributed by atoms with Gasteiger partial charge < -0.3 is 14.5 Å². The van der Waals surface area contributed by atoms with Crippen molar-refractivity contribution in [2.24, 2.45) is 5.92 Å². The van der Waals surface area contributed by atoms with Gasteiger partial charge in [0, 0.05) is 12.5 Å². The molecular weight excluding hydrogens is 288 g/mol. The lowest BCUT2D eigenvalue weighted by molar-refractivity contribution is -0.144. The van der Waals surface area contributed by atoms with Crippen LogP contribution in [0.1, 0.15) is 30.9 Å². The van der Waals surface area contributed by atoms with Gasteiger partial charge in [0.15, 0.2) is 0 Å². The number of para-hydroxylation sites is 1. The standard InChI is InChI=1S/C19H28N2O2/c1-14-7-6-8-15(2)18(14)23-17-12-21(13-17)19(22)16(3)11-20-9-4-5-10-20/h6-8,16-17H,4-5,9-13H2,1-3H3. The number of amides is 1. The van der Waals surface area contributed by atoms with Crippen LogP contribution in [-0.4, -0.2) is 54.5 Å². The number of aryl methyl sites for hydroxylation is 2. The molecule has 0 saturated carbocycles. The van der Waals surface area contributed by atoms with Crippen LogP contribution in [-0.2, 0) is 4.79 Å². The molecule has 3 rings (SSSR count). The van der Waals surface area contributed by atoms with Gasteiger partial charge in [0.2, 0.25) is 5.91 Å². The molecule has 0 aromatic heterocycles. The third-order valence-electron chi connectivity index (χ3n) is 5.01. The first-order valence-electron chi connectivity index (χ1n) is 8.78. The number of likely N-dealkylation sites (tertiary alicyclic amines) is 2. The van der Waals surface area contributed by atoms with Gasteiger partial charge in [-0.1, -0.05) is 25.1 Å². The lowest BCUT2D eigenvalue weighted by Gasteiger charge is -2.41. The number of rotatable bonds is 5. The number of carbonyl (C=O) groups is 1. The van der Waals surface area contributed by atoms with Crippen molar-refractivity contribution in [2.45, 2.75) is 39.7 Å². The van der Waals surface area contributed by atoms with Gasteiger partial charge in [-0.2, -0.15) is 0 Å². The summed E-state index contributed by atoms with van der Waals surface area (Å²) in [5, 5.41) is 0. The number of ether oxygens (including phenoxy) is 1. The van der Waals surface area contributed by atoms with Crippen LogP contribution in [0.4, 0.5) is 0 Å². The SMILES string of the molecule is Cc1cccc(C)c1OC1CN(C(=O)C(C)CN2CCCC2)C1. The van der Waals surface area contributed by atoms with Crippen molar-refractivity contribution in [3.05, 3.63) is 29.3 Å². The molecule has 2 heterocycles. The Morgan fingerprint density at radius 3 is 2.43 bits per heavy atom. The summed E-state index contributed by atoms with van der Waals surface area (Å²) in [6.07, 6.45) is 2.69. The molecule has 4 nitrogen and oxygen atoms in total. The van der Waals surface area contributed by atoms with Crippen molar-refractivity contribution >= 4 is 5.91 Å². The lowest BCUT2D eigenvalue weighted by atomic mass is 10.0. The van der Waals surface area contributed by atoms with Crippen LogP contribution in [0.3, 0.4) is 0 Å². The second-order valence-electron chi connectivity index (χ2n) is 7.11. The third kappa shape index (κ3) is 3.69. The zero-order valence-corrected chi connectivity index (χ0v) is 14.5. The molecule has 1 amide bonds. The van der Waals surface area contributed by atoms with Crippen LogP contribution in [0.5, 0.6) is 5.75 Å². The molecule has 1 aromatic carbocycles. The van der Waals surface area contributed by atoms with E-state index in [4.69, 9.17) is 4.74 Å². The Labute approximate surface area is 139 Å². The Morgan fingerprint density at radius 1 is 1.22 bits per heavy atom. The molecular formula is C19H28N2O2. The van der Waals surface area contributed by atoms with Gasteiger partial charge in [-0.05, 0) is 50.9 Å². The molecule has 4 heteroatoms. The number of hydrogen-bond acceptors (Lipinski definition) is 3. The maximum atomic E-state index is 12.5. The molecule has 126 valence electrons. The number of carbonyl (C=O) groups excluding carboxylic acids is 1. The maximum Gasteiger partial charge on any atom is 0.226 e. The van der Waals surface area contributed by atoms with E-state index in [-0.39, 0.29) is 17.9 Å². The lowest BCUT2D eigenvalue weighted by Crippen LogP contribution is -2.58. The van der Waals surface area contributed by atoms with E-state index in [9.17, 15) is 4.79 Å². The van der Waals surface area contributed by atoms with Gasteiger partial charge in [0.1, 0.15) is 11.9 Å². The predicted molar refractivity (Wildman–Crippen MR) is 91.8 cm³/mol. The Bertz CT molecular complexity index is 540. The monoisotopic (exact) mass is 316 g/mol. The van der Waals surface area contributed by atoms with Gasteiger partial charge in [-0.3, -0.25) is 4.79 Å². The zero-order chi connectivity index (χ0) is 16.4. The van der Waals surface area contributed by atoms with Crippen molar-refractivity contribution in [2.75, 3.05) is 32.7 Å². The minimum absolute atomic E-state index is 0.0919. The summed E-state index contributed by atoms with van der Waals surface area (Å²) in [5.74, 6) is 1.35. The average Bonchev–Trinajstić information content (AvgIpc) is 2.97. The summed E-state index contributed by atoms with van der Waals surface area (Å²) in [4.78, 5) is 16.8. The number of nitrogens with zero attached hydrogens (tertiary/aromatic N) is 2. The fourth-order valence-corrected chi connectivity index (χ4v) is 3.59. The van der Waals surface area contributed by atoms with Gasteiger partial charge in [0.05, 0.1) is 13.1 Å². The van der Waals surface area contributed by atoms with Gasteiger partial charge in [-0.25, -0.2) is 0 Å². The van der Waals surface area contributed by atoms with E-state index in [2.05, 4.69) is 37.8 Å². The summed E-state index contributed by atoms with van der Waals surface area (Å²) >= 11 is 0. The van der Waals surface area contributed by atoms with Crippen LogP contribution in [0, 0.1) is 19.8 Å². The number of benzene rings is 1. The molecule has 2 saturated heterocycles. The van der Waals surface area contributed by atoms with Crippen LogP contribution in [0.15, 0.2) is 18.2 Å². The van der Waals surface area contributed by atoms with E-state index < -0.39 is 0 Å². The van der Waals surface area contributed by atoms with E-state index in [1.54, 1.807) is 0 Å². The van der Waals surface area contributed by atoms with Crippen LogP contribution in [0.2, 0.25) is 0 Å². The van der Waals surface area contributed by atoms with Gasteiger partial charge in [-0.15, -0.1) is 0 Å². The summed E-state index contributed by atoms with van der Waals surface area (Å²) < 4.78 is 6.10. The minimum atomic E-state index is 0.0919. The third-order valence-corrected chi connectivity index (χ3v) is 5.01. The topological polar surface area (TPSA) is 32.8 Å². The maximum absolute atomic E-state index is 12.5. The highest BCUT2D eigenvalue weighted by atomic mass is 16.5. The van der Waals surface area contributed by atoms with Gasteiger partial charge in [0.25, 0.3) is 0 Å². The molecule has 1 unspecified atom stereocenters. The van der Waals surface area contributed by atoms with Crippen molar-refractivity contribution in [3.8, 4) is 5.75 Å². The molecule has 1 aromatic rings. The summed E-state index contributed by atoms with van der Waals surface area (Å²) in [7, 11) is 0. The van der Waals surface area contributed by atoms with Crippen molar-refractivity contribution < 1.29 is 9.53 Å². The first-order chi connectivity index (χ1) is 11.0. The van der Waals surface area contributed by atoms with Crippen LogP contribution >= 0.6 is 0 Å². The molecule has 0 aliphatic carbocycles. The Balaban J connectivity index is 1.47. The van der Waals surface area contributed by atoms with Gasteiger partial charge >= 0.3 is 0 Å². The summed E-state index contributed by atoms with van der Waals surface area (Å²) in [6, 6.07) is 6.19. The fourth-order valence-electron chi connectivity index (χ4n) is 3.59. The second-order valence-corrected chi connectivity index (χ2v) is 7.11. The Kier molecular flexibility index (Phi) is 4.90. The van der Waals surface area contributed by atoms with Crippen LogP contribution < -0.4 is 4.74 Å². The zero-order valence-electron chi connectivity index (χ0n) is 14.5. The summed E-state index contributed by atoms with van der Waals surface area (Å²) in [6.45, 7) is 10.8. The average molecular weight is 316 g/mol. The molecule has 2 fully saturated rings. The first-order valence-corrected chi connectivity index (χ1v) is 8.78. The second kappa shape index (κ2) is 6.91. The molecule has 0 bridgehead atoms. The fraction of sp³-hybridized carbons (Fsp3) is 0.632. The quantitative estimate of drug-likeness (QED) is 0.837. The highest BCUT2D eigenvalue weighted by Gasteiger charge is 2.35. The van der Waals surface area contributed by atoms with E-state index in [1.165, 1.54) is 12.8 Å². The minimum Gasteiger partial charge on any atom is -0.486 e. The molecule has 1 atom stereocenters. The largest absolute Gasteiger partial charge is 0.486 e. The molecule has 0 radical (unpaired) electrons. The summed E-state index contributed by atoms with van der Waals surface area (Å²) in [5.41, 5.74) is 2.33.